The van der Waals surface area contributed by atoms with Crippen molar-refractivity contribution in [3.63, 3.8) is 0 Å². The van der Waals surface area contributed by atoms with Crippen LogP contribution in [0.5, 0.6) is 0 Å². The average molecular weight is 333 g/mol. The van der Waals surface area contributed by atoms with Crippen LogP contribution in [0.1, 0.15) is 29.5 Å². The van der Waals surface area contributed by atoms with Gasteiger partial charge in [0.15, 0.2) is 0 Å². The maximum Gasteiger partial charge on any atom is 0.218 e. The molecule has 0 aromatic heterocycles. The van der Waals surface area contributed by atoms with Gasteiger partial charge in [-0.2, -0.15) is 4.31 Å². The highest BCUT2D eigenvalue weighted by Gasteiger charge is 2.37. The van der Waals surface area contributed by atoms with Crippen LogP contribution >= 0.6 is 0 Å². The summed E-state index contributed by atoms with van der Waals surface area (Å²) < 4.78 is 40.9. The minimum absolute atomic E-state index is 0.0484. The number of aryl methyl sites for hydroxylation is 1. The van der Waals surface area contributed by atoms with E-state index in [0.717, 1.165) is 24.0 Å². The molecule has 3 rings (SSSR count). The summed E-state index contributed by atoms with van der Waals surface area (Å²) in [5, 5.41) is 0. The Morgan fingerprint density at radius 3 is 2.52 bits per heavy atom. The highest BCUT2D eigenvalue weighted by Crippen LogP contribution is 2.32. The van der Waals surface area contributed by atoms with Crippen molar-refractivity contribution in [2.24, 2.45) is 0 Å². The molecule has 0 unspecified atom stereocenters. The molecular weight excluding hydrogens is 313 g/mol. The van der Waals surface area contributed by atoms with Gasteiger partial charge < -0.3 is 0 Å². The first-order chi connectivity index (χ1) is 11.0. The van der Waals surface area contributed by atoms with Gasteiger partial charge in [0, 0.05) is 18.2 Å². The molecular formula is C18H20FNO2S. The van der Waals surface area contributed by atoms with Crippen molar-refractivity contribution in [1.29, 1.82) is 0 Å². The Kier molecular flexibility index (Phi) is 4.50. The topological polar surface area (TPSA) is 37.4 Å². The third-order valence-electron chi connectivity index (χ3n) is 4.03. The van der Waals surface area contributed by atoms with Gasteiger partial charge in [-0.25, -0.2) is 12.8 Å². The lowest BCUT2D eigenvalue weighted by atomic mass is 10.1. The highest BCUT2D eigenvalue weighted by atomic mass is 32.2. The quantitative estimate of drug-likeness (QED) is 0.809. The molecule has 2 aromatic carbocycles. The van der Waals surface area contributed by atoms with Crippen molar-refractivity contribution >= 4 is 10.0 Å². The van der Waals surface area contributed by atoms with Crippen LogP contribution in [-0.4, -0.2) is 18.8 Å². The maximum absolute atomic E-state index is 13.8. The number of halogens is 1. The normalized spacial score (nSPS) is 15.1. The second kappa shape index (κ2) is 6.42. The minimum atomic E-state index is -3.55. The van der Waals surface area contributed by atoms with E-state index in [1.165, 1.54) is 16.4 Å². The summed E-state index contributed by atoms with van der Waals surface area (Å²) >= 11 is 0. The van der Waals surface area contributed by atoms with E-state index in [1.807, 2.05) is 31.2 Å². The Hall–Kier alpha value is -1.72. The van der Waals surface area contributed by atoms with E-state index in [4.69, 9.17) is 0 Å². The van der Waals surface area contributed by atoms with Crippen molar-refractivity contribution in [2.45, 2.75) is 38.1 Å². The molecule has 0 saturated heterocycles. The first-order valence-corrected chi connectivity index (χ1v) is 9.35. The molecule has 1 saturated carbocycles. The van der Waals surface area contributed by atoms with Crippen LogP contribution in [0.4, 0.5) is 4.39 Å². The number of rotatable bonds is 6. The van der Waals surface area contributed by atoms with Crippen molar-refractivity contribution in [2.75, 3.05) is 0 Å². The molecule has 1 aliphatic carbocycles. The summed E-state index contributed by atoms with van der Waals surface area (Å²) in [6.45, 7) is 2.34. The fraction of sp³-hybridized carbons (Fsp3) is 0.333. The predicted molar refractivity (Wildman–Crippen MR) is 88.8 cm³/mol. The summed E-state index contributed by atoms with van der Waals surface area (Å²) in [5.41, 5.74) is 2.29. The molecule has 23 heavy (non-hydrogen) atoms. The monoisotopic (exact) mass is 333 g/mol. The lowest BCUT2D eigenvalue weighted by molar-refractivity contribution is 0.397. The third kappa shape index (κ3) is 3.98. The van der Waals surface area contributed by atoms with Crippen molar-refractivity contribution < 1.29 is 12.8 Å². The number of nitrogens with zero attached hydrogens (tertiary/aromatic N) is 1. The molecule has 1 aliphatic rings. The fourth-order valence-corrected chi connectivity index (χ4v) is 4.51. The van der Waals surface area contributed by atoms with E-state index in [0.29, 0.717) is 6.54 Å². The van der Waals surface area contributed by atoms with E-state index in [2.05, 4.69) is 0 Å². The molecule has 1 fully saturated rings. The molecule has 0 N–H and O–H groups in total. The lowest BCUT2D eigenvalue weighted by Gasteiger charge is -2.22. The summed E-state index contributed by atoms with van der Waals surface area (Å²) in [5.74, 6) is -0.760. The zero-order chi connectivity index (χ0) is 16.4. The second-order valence-electron chi connectivity index (χ2n) is 6.11. The molecule has 122 valence electrons. The van der Waals surface area contributed by atoms with E-state index >= 15 is 0 Å². The molecule has 0 radical (unpaired) electrons. The Morgan fingerprint density at radius 1 is 1.13 bits per heavy atom. The fourth-order valence-electron chi connectivity index (χ4n) is 2.70. The average Bonchev–Trinajstić information content (AvgIpc) is 3.31. The summed E-state index contributed by atoms with van der Waals surface area (Å²) in [6, 6.07) is 13.9. The zero-order valence-corrected chi connectivity index (χ0v) is 13.9. The van der Waals surface area contributed by atoms with Crippen LogP contribution in [0, 0.1) is 12.7 Å². The standard InChI is InChI=1S/C18H20FNO2S/c1-14-5-4-6-15(11-14)12-20(17-9-10-17)23(21,22)13-16-7-2-3-8-18(16)19/h2-8,11,17H,9-10,12-13H2,1H3. The number of hydrogen-bond acceptors (Lipinski definition) is 2. The zero-order valence-electron chi connectivity index (χ0n) is 13.1. The van der Waals surface area contributed by atoms with E-state index in [1.54, 1.807) is 12.1 Å². The number of sulfonamides is 1. The van der Waals surface area contributed by atoms with Crippen LogP contribution in [-0.2, 0) is 22.3 Å². The maximum atomic E-state index is 13.8. The van der Waals surface area contributed by atoms with Crippen LogP contribution in [0.25, 0.3) is 0 Å². The molecule has 0 amide bonds. The van der Waals surface area contributed by atoms with Gasteiger partial charge in [-0.1, -0.05) is 48.0 Å². The highest BCUT2D eigenvalue weighted by molar-refractivity contribution is 7.88. The summed E-state index contributed by atoms with van der Waals surface area (Å²) in [7, 11) is -3.55. The van der Waals surface area contributed by atoms with Gasteiger partial charge in [0.05, 0.1) is 5.75 Å². The Labute approximate surface area is 136 Å². The first-order valence-electron chi connectivity index (χ1n) is 7.74. The molecule has 0 heterocycles. The number of hydrogen-bond donors (Lipinski definition) is 0. The van der Waals surface area contributed by atoms with Crippen LogP contribution in [0.2, 0.25) is 0 Å². The van der Waals surface area contributed by atoms with Crippen molar-refractivity contribution in [3.8, 4) is 0 Å². The Morgan fingerprint density at radius 2 is 1.87 bits per heavy atom. The second-order valence-corrected chi connectivity index (χ2v) is 8.03. The molecule has 0 spiro atoms. The molecule has 3 nitrogen and oxygen atoms in total. The van der Waals surface area contributed by atoms with E-state index < -0.39 is 15.8 Å². The van der Waals surface area contributed by atoms with Gasteiger partial charge in [-0.05, 0) is 31.4 Å². The van der Waals surface area contributed by atoms with Gasteiger partial charge in [0.1, 0.15) is 5.82 Å². The largest absolute Gasteiger partial charge is 0.218 e. The van der Waals surface area contributed by atoms with Crippen molar-refractivity contribution in [3.05, 3.63) is 71.0 Å². The predicted octanol–water partition coefficient (Wildman–Crippen LogP) is 3.63. The van der Waals surface area contributed by atoms with E-state index in [-0.39, 0.29) is 17.4 Å². The van der Waals surface area contributed by atoms with Crippen LogP contribution < -0.4 is 0 Å². The molecule has 0 aliphatic heterocycles. The van der Waals surface area contributed by atoms with Crippen LogP contribution in [0.3, 0.4) is 0 Å². The molecule has 2 aromatic rings. The van der Waals surface area contributed by atoms with Gasteiger partial charge in [-0.3, -0.25) is 0 Å². The smallest absolute Gasteiger partial charge is 0.212 e. The van der Waals surface area contributed by atoms with Gasteiger partial charge in [-0.15, -0.1) is 0 Å². The first kappa shape index (κ1) is 16.1. The van der Waals surface area contributed by atoms with E-state index in [9.17, 15) is 12.8 Å². The molecule has 5 heteroatoms. The van der Waals surface area contributed by atoms with Crippen LogP contribution in [0.15, 0.2) is 48.5 Å². The van der Waals surface area contributed by atoms with Crippen molar-refractivity contribution in [1.82, 2.24) is 4.31 Å². The van der Waals surface area contributed by atoms with Gasteiger partial charge in [0.25, 0.3) is 0 Å². The SMILES string of the molecule is Cc1cccc(CN(C2CC2)S(=O)(=O)Cc2ccccc2F)c1. The summed E-state index contributed by atoms with van der Waals surface area (Å²) in [6.07, 6.45) is 1.75. The Balaban J connectivity index is 1.84. The molecule has 0 bridgehead atoms. The third-order valence-corrected chi connectivity index (χ3v) is 5.85. The minimum Gasteiger partial charge on any atom is -0.212 e. The lowest BCUT2D eigenvalue weighted by Crippen LogP contribution is -2.33. The number of benzene rings is 2. The summed E-state index contributed by atoms with van der Waals surface area (Å²) in [4.78, 5) is 0. The van der Waals surface area contributed by atoms with Gasteiger partial charge in [0.2, 0.25) is 10.0 Å². The Bertz CT molecular complexity index is 800. The molecule has 0 atom stereocenters. The van der Waals surface area contributed by atoms with Gasteiger partial charge >= 0.3 is 0 Å².